The first-order valence-corrected chi connectivity index (χ1v) is 6.15. The molecule has 0 aliphatic rings. The van der Waals surface area contributed by atoms with Gasteiger partial charge in [0.05, 0.1) is 17.2 Å². The molecule has 0 unspecified atom stereocenters. The van der Waals surface area contributed by atoms with Gasteiger partial charge in [0.2, 0.25) is 0 Å². The van der Waals surface area contributed by atoms with Gasteiger partial charge in [0.25, 0.3) is 0 Å². The highest BCUT2D eigenvalue weighted by Crippen LogP contribution is 2.36. The largest absolute Gasteiger partial charge is 0.488 e. The van der Waals surface area contributed by atoms with Gasteiger partial charge >= 0.3 is 12.4 Å². The van der Waals surface area contributed by atoms with E-state index in [9.17, 15) is 30.7 Å². The van der Waals surface area contributed by atoms with Crippen molar-refractivity contribution < 1.29 is 35.5 Å². The van der Waals surface area contributed by atoms with Gasteiger partial charge in [-0.1, -0.05) is 6.07 Å². The maximum absolute atomic E-state index is 12.9. The number of hydrogen-bond donors (Lipinski definition) is 0. The minimum absolute atomic E-state index is 0.0256. The third-order valence-corrected chi connectivity index (χ3v) is 2.77. The number of ether oxygens (including phenoxy) is 1. The Bertz CT molecular complexity index is 657. The summed E-state index contributed by atoms with van der Waals surface area (Å²) in [5, 5.41) is 0. The van der Waals surface area contributed by atoms with Gasteiger partial charge in [-0.3, -0.25) is 0 Å². The topological polar surface area (TPSA) is 9.23 Å². The van der Waals surface area contributed by atoms with E-state index in [0.717, 1.165) is 6.07 Å². The number of hydrogen-bond acceptors (Lipinski definition) is 1. The summed E-state index contributed by atoms with van der Waals surface area (Å²) < 4.78 is 94.0. The molecule has 0 saturated carbocycles. The first-order chi connectivity index (χ1) is 10.6. The molecule has 0 atom stereocenters. The molecular formula is C15H8F7O. The average Bonchev–Trinajstić information content (AvgIpc) is 2.43. The zero-order valence-electron chi connectivity index (χ0n) is 11.2. The first kappa shape index (κ1) is 17.1. The van der Waals surface area contributed by atoms with Crippen molar-refractivity contribution in [1.29, 1.82) is 0 Å². The van der Waals surface area contributed by atoms with Gasteiger partial charge < -0.3 is 4.74 Å². The normalized spacial score (nSPS) is 12.3. The summed E-state index contributed by atoms with van der Waals surface area (Å²) in [5.74, 6) is -0.890. The minimum Gasteiger partial charge on any atom is -0.488 e. The molecule has 0 saturated heterocycles. The van der Waals surface area contributed by atoms with Gasteiger partial charge in [0.1, 0.15) is 18.2 Å². The first-order valence-electron chi connectivity index (χ1n) is 6.15. The summed E-state index contributed by atoms with van der Waals surface area (Å²) in [6.07, 6.45) is -9.86. The lowest BCUT2D eigenvalue weighted by molar-refractivity contribution is -0.143. The van der Waals surface area contributed by atoms with Crippen LogP contribution < -0.4 is 4.74 Å². The molecule has 8 heteroatoms. The molecule has 0 bridgehead atoms. The second-order valence-corrected chi connectivity index (χ2v) is 4.57. The van der Waals surface area contributed by atoms with Crippen molar-refractivity contribution in [2.45, 2.75) is 19.0 Å². The van der Waals surface area contributed by atoms with E-state index in [-0.39, 0.29) is 17.4 Å². The van der Waals surface area contributed by atoms with Crippen LogP contribution >= 0.6 is 0 Å². The molecule has 0 N–H and O–H groups in total. The molecule has 0 aromatic heterocycles. The van der Waals surface area contributed by atoms with Crippen molar-refractivity contribution in [3.8, 4) is 5.75 Å². The minimum atomic E-state index is -4.93. The van der Waals surface area contributed by atoms with Gasteiger partial charge in [-0.2, -0.15) is 26.3 Å². The van der Waals surface area contributed by atoms with E-state index < -0.39 is 35.9 Å². The fourth-order valence-electron chi connectivity index (χ4n) is 1.77. The molecule has 23 heavy (non-hydrogen) atoms. The highest BCUT2D eigenvalue weighted by Gasteiger charge is 2.36. The van der Waals surface area contributed by atoms with Crippen molar-refractivity contribution in [3.05, 3.63) is 65.0 Å². The number of benzene rings is 2. The molecule has 2 aromatic carbocycles. The van der Waals surface area contributed by atoms with E-state index in [1.807, 2.05) is 0 Å². The molecule has 0 aliphatic heterocycles. The Morgan fingerprint density at radius 2 is 1.43 bits per heavy atom. The van der Waals surface area contributed by atoms with Crippen molar-refractivity contribution in [2.75, 3.05) is 0 Å². The predicted octanol–water partition coefficient (Wildman–Crippen LogP) is 5.24. The Balaban J connectivity index is 2.30. The van der Waals surface area contributed by atoms with Crippen LogP contribution in [-0.2, 0) is 19.0 Å². The summed E-state index contributed by atoms with van der Waals surface area (Å²) in [5.41, 5.74) is -3.21. The standard InChI is InChI=1S/C15H8F7O/c16-12-2-1-3-13(7-12)23-8-9-4-10(14(17,18)19)6-11(5-9)15(20,21)22/h1-6H,8H2. The fraction of sp³-hybridized carbons (Fsp3) is 0.200. The Hall–Kier alpha value is -2.25. The van der Waals surface area contributed by atoms with Crippen LogP contribution in [0.4, 0.5) is 30.7 Å². The van der Waals surface area contributed by atoms with Gasteiger partial charge in [0, 0.05) is 0 Å². The lowest BCUT2D eigenvalue weighted by Crippen LogP contribution is -2.12. The van der Waals surface area contributed by atoms with Gasteiger partial charge in [-0.05, 0) is 35.9 Å². The van der Waals surface area contributed by atoms with E-state index in [1.165, 1.54) is 12.1 Å². The van der Waals surface area contributed by atoms with Crippen LogP contribution in [0.5, 0.6) is 5.75 Å². The molecule has 1 nitrogen and oxygen atoms in total. The van der Waals surface area contributed by atoms with Crippen LogP contribution in [-0.4, -0.2) is 0 Å². The lowest BCUT2D eigenvalue weighted by Gasteiger charge is -2.14. The third kappa shape index (κ3) is 4.61. The molecule has 2 aromatic rings. The second kappa shape index (κ2) is 6.10. The zero-order valence-corrected chi connectivity index (χ0v) is 11.2. The quantitative estimate of drug-likeness (QED) is 0.696. The molecule has 0 aliphatic carbocycles. The lowest BCUT2D eigenvalue weighted by atomic mass is 10.1. The average molecular weight is 337 g/mol. The van der Waals surface area contributed by atoms with Crippen molar-refractivity contribution in [1.82, 2.24) is 0 Å². The van der Waals surface area contributed by atoms with Crippen LogP contribution in [0.15, 0.2) is 36.4 Å². The monoisotopic (exact) mass is 337 g/mol. The zero-order chi connectivity index (χ0) is 17.3. The molecule has 123 valence electrons. The van der Waals surface area contributed by atoms with Crippen molar-refractivity contribution >= 4 is 0 Å². The summed E-state index contributed by atoms with van der Waals surface area (Å²) in [7, 11) is 0. The molecule has 2 rings (SSSR count). The summed E-state index contributed by atoms with van der Waals surface area (Å²) in [4.78, 5) is 0. The SMILES string of the molecule is Fc1[c]c(OCc2cc(C(F)(F)F)cc(C(F)(F)F)c2)ccc1. The summed E-state index contributed by atoms with van der Waals surface area (Å²) in [6, 6.07) is 6.88. The van der Waals surface area contributed by atoms with Crippen LogP contribution in [0.1, 0.15) is 16.7 Å². The predicted molar refractivity (Wildman–Crippen MR) is 66.0 cm³/mol. The Morgan fingerprint density at radius 3 is 1.91 bits per heavy atom. The summed E-state index contributed by atoms with van der Waals surface area (Å²) >= 11 is 0. The van der Waals surface area contributed by atoms with E-state index in [1.54, 1.807) is 0 Å². The van der Waals surface area contributed by atoms with E-state index >= 15 is 0 Å². The number of rotatable bonds is 3. The highest BCUT2D eigenvalue weighted by atomic mass is 19.4. The Kier molecular flexibility index (Phi) is 4.53. The van der Waals surface area contributed by atoms with E-state index in [2.05, 4.69) is 6.07 Å². The second-order valence-electron chi connectivity index (χ2n) is 4.57. The molecule has 0 heterocycles. The maximum atomic E-state index is 12.9. The Morgan fingerprint density at radius 1 is 0.870 bits per heavy atom. The number of halogens is 7. The van der Waals surface area contributed by atoms with Crippen LogP contribution in [0, 0.1) is 11.9 Å². The molecule has 0 amide bonds. The van der Waals surface area contributed by atoms with Crippen molar-refractivity contribution in [3.63, 3.8) is 0 Å². The number of alkyl halides is 6. The van der Waals surface area contributed by atoms with Crippen molar-refractivity contribution in [2.24, 2.45) is 0 Å². The van der Waals surface area contributed by atoms with Gasteiger partial charge in [-0.25, -0.2) is 4.39 Å². The summed E-state index contributed by atoms with van der Waals surface area (Å²) in [6.45, 7) is -0.590. The van der Waals surface area contributed by atoms with Gasteiger partial charge in [-0.15, -0.1) is 0 Å². The van der Waals surface area contributed by atoms with E-state index in [4.69, 9.17) is 4.74 Å². The molecular weight excluding hydrogens is 329 g/mol. The third-order valence-electron chi connectivity index (χ3n) is 2.77. The van der Waals surface area contributed by atoms with Crippen LogP contribution in [0.3, 0.4) is 0 Å². The smallest absolute Gasteiger partial charge is 0.416 e. The molecule has 0 fully saturated rings. The molecule has 0 spiro atoms. The van der Waals surface area contributed by atoms with E-state index in [0.29, 0.717) is 12.1 Å². The van der Waals surface area contributed by atoms with Crippen LogP contribution in [0.2, 0.25) is 0 Å². The maximum Gasteiger partial charge on any atom is 0.416 e. The molecule has 1 radical (unpaired) electrons. The van der Waals surface area contributed by atoms with Crippen LogP contribution in [0.25, 0.3) is 0 Å². The highest BCUT2D eigenvalue weighted by molar-refractivity contribution is 5.33. The van der Waals surface area contributed by atoms with Gasteiger partial charge in [0.15, 0.2) is 0 Å². The Labute approximate surface area is 126 Å². The fourth-order valence-corrected chi connectivity index (χ4v) is 1.77.